The molecule has 7 aromatic rings. The van der Waals surface area contributed by atoms with Crippen LogP contribution in [0, 0.1) is 23.7 Å². The van der Waals surface area contributed by atoms with E-state index in [2.05, 4.69) is 115 Å². The fourth-order valence-electron chi connectivity index (χ4n) is 17.1. The number of nitrogens with one attached hydrogen (secondary N) is 17. The Kier molecular flexibility index (Phi) is 46.0. The number of para-hydroxylation sites is 3. The third-order valence-electron chi connectivity index (χ3n) is 25.2. The molecule has 1 aliphatic rings. The van der Waals surface area contributed by atoms with Gasteiger partial charge in [-0.15, -0.1) is 0 Å². The monoisotopic (exact) mass is 2080 g/mol. The predicted octanol–water partition coefficient (Wildman–Crippen LogP) is -0.145. The number of carboxylic acid groups (broad SMARTS) is 3. The van der Waals surface area contributed by atoms with E-state index in [1.807, 2.05) is 0 Å². The van der Waals surface area contributed by atoms with Gasteiger partial charge in [0.25, 0.3) is 0 Å². The molecule has 17 atom stereocenters. The number of carbonyl (C=O) groups excluding carboxylic acids is 17. The zero-order chi connectivity index (χ0) is 108. The molecule has 8 rings (SSSR count). The molecular weight excluding hydrogens is 1940 g/mol. The van der Waals surface area contributed by atoms with Crippen molar-refractivity contribution in [3.8, 4) is 0 Å². The molecule has 1 aliphatic heterocycles. The Morgan fingerprint density at radius 1 is 0.395 bits per heavy atom. The molecule has 4 heterocycles. The molecule has 1 fully saturated rings. The predicted molar refractivity (Wildman–Crippen MR) is 549 cm³/mol. The Balaban J connectivity index is 1.02. The average molecular weight is 2080 g/mol. The molecule has 17 amide bonds. The number of aromatic amines is 3. The molecule has 0 saturated carbocycles. The number of unbranched alkanes of at least 4 members (excludes halogenated alkanes) is 1. The first-order valence-electron chi connectivity index (χ1n) is 49.0. The number of thiol groups is 2. The third kappa shape index (κ3) is 35.7. The fraction of sp³-hybridized carbons (Fsp3) is 0.500. The van der Waals surface area contributed by atoms with Gasteiger partial charge in [-0.25, -0.2) is 4.79 Å². The average Bonchev–Trinajstić information content (AvgIpc) is 1.70. The Morgan fingerprint density at radius 3 is 1.22 bits per heavy atom. The highest BCUT2D eigenvalue weighted by atomic mass is 32.1. The zero-order valence-corrected chi connectivity index (χ0v) is 85.1. The Morgan fingerprint density at radius 2 is 0.776 bits per heavy atom. The summed E-state index contributed by atoms with van der Waals surface area (Å²) in [6.07, 6.45) is 0.551. The minimum atomic E-state index is -1.80. The molecule has 798 valence electrons. The summed E-state index contributed by atoms with van der Waals surface area (Å²) in [5.74, 6) is -23.6. The number of H-pyrrole nitrogens is 3. The van der Waals surface area contributed by atoms with E-state index < -0.39 is 277 Å². The minimum Gasteiger partial charge on any atom is -0.481 e. The van der Waals surface area contributed by atoms with Crippen molar-refractivity contribution in [2.24, 2.45) is 46.6 Å². The van der Waals surface area contributed by atoms with Crippen LogP contribution in [0.3, 0.4) is 0 Å². The van der Waals surface area contributed by atoms with Gasteiger partial charge in [-0.1, -0.05) is 147 Å². The van der Waals surface area contributed by atoms with Crippen LogP contribution in [0.15, 0.2) is 122 Å². The van der Waals surface area contributed by atoms with E-state index in [0.717, 1.165) is 0 Å². The maximum Gasteiger partial charge on any atom is 0.326 e. The maximum atomic E-state index is 15.5. The van der Waals surface area contributed by atoms with Gasteiger partial charge in [-0.2, -0.15) is 25.3 Å². The third-order valence-corrected chi connectivity index (χ3v) is 25.9. The number of primary amides is 2. The number of carbonyl (C=O) groups is 20. The highest BCUT2D eigenvalue weighted by Crippen LogP contribution is 2.27. The van der Waals surface area contributed by atoms with Gasteiger partial charge in [0.05, 0.1) is 18.9 Å². The van der Waals surface area contributed by atoms with Gasteiger partial charge in [0.2, 0.25) is 100 Å². The molecule has 0 spiro atoms. The largest absolute Gasteiger partial charge is 0.481 e. The van der Waals surface area contributed by atoms with Gasteiger partial charge in [0.1, 0.15) is 90.6 Å². The second-order valence-electron chi connectivity index (χ2n) is 38.0. The number of amides is 17. The van der Waals surface area contributed by atoms with Gasteiger partial charge in [-0.3, -0.25) is 91.1 Å². The SMILES string of the molecule is CC[C@H](C)[C@H](NC(=O)[C@H](Cc1c[nH]c2ccccc12)NC(=O)[C@H](CCC(N)=O)NC(=O)[C@@H]1CCCN1C(=O)[C@H](CCCCN)NC(=O)[C@H](Cc1ccccc1)NC(=O)[C@H](Cc1c[nH]c2ccccc12)NC(=O)[C@H](CCC(=O)O)NC(=O)[C@H](CS)NC(=O)[C@@H](NC(=O)[C@H](Cc1c[nH]c2ccccc12)NC(=O)[C@@H](N)CC(=O)O)C(C)C)C(=O)N[C@@H](CS)C(=O)N[C@@H](CC(N)=O)C(=O)N[C@@H](CC(C)C)C(=O)N[C@@H](CC(C)C)C(=O)O. The maximum absolute atomic E-state index is 15.5. The number of nitrogens with zero attached hydrogens (tertiary/aromatic N) is 1. The van der Waals surface area contributed by atoms with Crippen LogP contribution in [0.2, 0.25) is 0 Å². The van der Waals surface area contributed by atoms with Crippen LogP contribution in [-0.4, -0.2) is 275 Å². The van der Waals surface area contributed by atoms with Crippen molar-refractivity contribution in [2.75, 3.05) is 24.6 Å². The van der Waals surface area contributed by atoms with E-state index in [-0.39, 0.29) is 95.6 Å². The summed E-state index contributed by atoms with van der Waals surface area (Å²) in [5, 5.41) is 67.7. The number of likely N-dealkylation sites (tertiary alicyclic amines) is 1. The normalized spacial score (nSPS) is 15.7. The molecule has 0 radical (unpaired) electrons. The molecule has 1 saturated heterocycles. The molecule has 0 bridgehead atoms. The van der Waals surface area contributed by atoms with E-state index in [0.29, 0.717) is 61.4 Å². The number of hydrogen-bond acceptors (Lipinski definition) is 24. The first kappa shape index (κ1) is 118. The van der Waals surface area contributed by atoms with E-state index in [9.17, 15) is 77.6 Å². The lowest BCUT2D eigenvalue weighted by Gasteiger charge is -2.31. The molecule has 45 nitrogen and oxygen atoms in total. The highest BCUT2D eigenvalue weighted by molar-refractivity contribution is 7.80. The van der Waals surface area contributed by atoms with Crippen LogP contribution < -0.4 is 97.4 Å². The molecule has 0 aliphatic carbocycles. The van der Waals surface area contributed by atoms with Crippen molar-refractivity contribution >= 4 is 176 Å². The fourth-order valence-corrected chi connectivity index (χ4v) is 17.6. The van der Waals surface area contributed by atoms with Crippen LogP contribution in [-0.2, 0) is 122 Å². The number of benzene rings is 4. The summed E-state index contributed by atoms with van der Waals surface area (Å²) in [5.41, 5.74) is 27.1. The van der Waals surface area contributed by atoms with Gasteiger partial charge in [0, 0.05) is 108 Å². The van der Waals surface area contributed by atoms with Gasteiger partial charge in [0.15, 0.2) is 0 Å². The summed E-state index contributed by atoms with van der Waals surface area (Å²) in [6.45, 7) is 13.4. The second kappa shape index (κ2) is 57.4. The van der Waals surface area contributed by atoms with E-state index >= 15 is 33.6 Å². The van der Waals surface area contributed by atoms with Gasteiger partial charge < -0.3 is 133 Å². The van der Waals surface area contributed by atoms with Crippen LogP contribution in [0.5, 0.6) is 0 Å². The molecule has 47 heteroatoms. The Hall–Kier alpha value is -14.5. The quantitative estimate of drug-likeness (QED) is 0.0174. The minimum absolute atomic E-state index is 0.0110. The van der Waals surface area contributed by atoms with Crippen molar-refractivity contribution < 1.29 is 111 Å². The summed E-state index contributed by atoms with van der Waals surface area (Å²) in [6, 6.07) is 4.30. The van der Waals surface area contributed by atoms with Crippen LogP contribution in [0.4, 0.5) is 0 Å². The first-order chi connectivity index (χ1) is 69.8. The van der Waals surface area contributed by atoms with E-state index in [4.69, 9.17) is 22.9 Å². The Labute approximate surface area is 860 Å². The van der Waals surface area contributed by atoms with Gasteiger partial charge >= 0.3 is 17.9 Å². The number of carboxylic acids is 3. The smallest absolute Gasteiger partial charge is 0.326 e. The van der Waals surface area contributed by atoms with Crippen molar-refractivity contribution in [1.29, 1.82) is 0 Å². The summed E-state index contributed by atoms with van der Waals surface area (Å²) in [7, 11) is 0. The number of fused-ring (bicyclic) bond motifs is 3. The molecular formula is C100H138N22O23S2. The standard InChI is InChI=1S/C100H138N22O23S2/c1-9-54(8)84(98(142)119-77(50-147)95(139)116-74(45-80(104)124)91(135)112-69(38-51(2)3)88(132)117-75(100(144)145)39-52(4)5)121-93(137)73(43-58-48-107-65-29-18-15-26-61(58)65)115-86(130)66(32-34-79(103)123)109-96(140)78-31-21-37-122(78)99(143)68(30-19-20-36-101)110-89(133)70(40-55-22-11-10-12-23-55)113-90(134)71(41-56-46-105-63-27-16-13-24-59(56)63)114-87(131)67(33-35-81(125)126)108-94(138)76(49-146)118-97(141)83(53(6)7)120-92(136)72(111-85(129)62(102)44-82(127)128)42-57-47-106-64-28-17-14-25-60(57)64/h10-18,22-29,46-48,51-54,62,66-78,83-84,105-107,146-147H,9,19-21,30-45,49-50,101-102H2,1-8H3,(H2,103,123)(H2,104,124)(H,108,138)(H,109,140)(H,110,133)(H,111,129)(H,112,135)(H,113,134)(H,114,131)(H,115,130)(H,116,139)(H,117,132)(H,118,141)(H,119,142)(H,120,136)(H,121,137)(H,125,126)(H,127,128)(H,144,145)/t54-,62-,66-,67-,68-,69-,70-,71-,72-,73-,74-,75-,76-,77-,78-,83-,84-/m0/s1. The number of nitrogens with two attached hydrogens (primary N) is 4. The van der Waals surface area contributed by atoms with Crippen molar-refractivity contribution in [1.82, 2.24) is 94.3 Å². The number of aromatic nitrogens is 3. The molecule has 3 aromatic heterocycles. The van der Waals surface area contributed by atoms with Crippen molar-refractivity contribution in [2.45, 2.75) is 268 Å². The van der Waals surface area contributed by atoms with Crippen LogP contribution in [0.1, 0.15) is 168 Å². The van der Waals surface area contributed by atoms with Crippen molar-refractivity contribution in [3.63, 3.8) is 0 Å². The Bertz CT molecular complexity index is 5820. The van der Waals surface area contributed by atoms with Crippen molar-refractivity contribution in [3.05, 3.63) is 144 Å². The van der Waals surface area contributed by atoms with Crippen LogP contribution >= 0.6 is 25.3 Å². The zero-order valence-electron chi connectivity index (χ0n) is 83.3. The summed E-state index contributed by atoms with van der Waals surface area (Å²) < 4.78 is 0. The topological polar surface area (TPSA) is 725 Å². The van der Waals surface area contributed by atoms with Crippen LogP contribution in [0.25, 0.3) is 32.7 Å². The number of hydrogen-bond donors (Lipinski definition) is 26. The first-order valence-corrected chi connectivity index (χ1v) is 50.2. The van der Waals surface area contributed by atoms with E-state index in [1.54, 1.807) is 177 Å². The summed E-state index contributed by atoms with van der Waals surface area (Å²) in [4.78, 5) is 293. The van der Waals surface area contributed by atoms with E-state index in [1.165, 1.54) is 4.90 Å². The molecule has 4 aromatic carbocycles. The lowest BCUT2D eigenvalue weighted by molar-refractivity contribution is -0.143. The number of rotatable bonds is 61. The second-order valence-corrected chi connectivity index (χ2v) is 38.7. The highest BCUT2D eigenvalue weighted by Gasteiger charge is 2.44. The molecule has 28 N–H and O–H groups in total. The molecule has 0 unspecified atom stereocenters. The molecule has 147 heavy (non-hydrogen) atoms. The number of aliphatic carboxylic acids is 3. The lowest BCUT2D eigenvalue weighted by atomic mass is 9.96. The summed E-state index contributed by atoms with van der Waals surface area (Å²) >= 11 is 8.68. The van der Waals surface area contributed by atoms with Gasteiger partial charge in [-0.05, 0) is 128 Å². The lowest BCUT2D eigenvalue weighted by Crippen LogP contribution is -2.62.